The number of hydrogen-bond donors (Lipinski definition) is 16. The number of hydrogen-bond acceptors (Lipinski definition) is 38. The molecular weight excluding hydrogens is 1890 g/mol. The van der Waals surface area contributed by atoms with Gasteiger partial charge in [-0.3, -0.25) is 55.2 Å². The highest BCUT2D eigenvalue weighted by Gasteiger charge is 2.35. The van der Waals surface area contributed by atoms with Crippen LogP contribution >= 0.6 is 23.2 Å². The van der Waals surface area contributed by atoms with Gasteiger partial charge in [-0.1, -0.05) is 89.9 Å². The van der Waals surface area contributed by atoms with Gasteiger partial charge in [-0.05, 0) is 211 Å². The molecule has 9 aromatic heterocycles. The number of nitrogens with zero attached hydrogens (tertiary/aromatic N) is 18. The van der Waals surface area contributed by atoms with Gasteiger partial charge in [-0.25, -0.2) is 29.9 Å². The van der Waals surface area contributed by atoms with Crippen molar-refractivity contribution in [3.05, 3.63) is 271 Å². The molecule has 143 heavy (non-hydrogen) atoms. The molecule has 5 saturated carbocycles. The SMILES string of the molecule is N#Cc1cnc(NCc2cccnc2Cl)nc1NCC1CCC(N)CC1.NC1CCC(CNc2nc(NC(Cc3ccccc3)c3ccccc3)ncc2[N+](=O)[O-])CC1.NC1CCC(CNc2nc(NCc3cc[nH]c(=O)c3)ncc2[N+](=O)[O-])CC1.NC1CCC(CNc2nc(NCc3ccncc3Cl)ncc2[N+](=O)[O-])CC1.NC1CCC(CNc2nc(NCc3cnccc3C(F)(F)F)ncc2[N+](=O)[O-])CC1. The molecule has 9 heterocycles. The molecule has 21 N–H and O–H groups in total. The summed E-state index contributed by atoms with van der Waals surface area (Å²) >= 11 is 12.1. The van der Waals surface area contributed by atoms with E-state index in [2.05, 4.69) is 153 Å². The molecule has 48 heteroatoms. The summed E-state index contributed by atoms with van der Waals surface area (Å²) in [6.45, 7) is 4.09. The Bertz CT molecular complexity index is 6040. The molecule has 0 saturated heterocycles. The Morgan fingerprint density at radius 2 is 0.776 bits per heavy atom. The van der Waals surface area contributed by atoms with Crippen LogP contribution in [-0.2, 0) is 38.8 Å². The minimum Gasteiger partial charge on any atom is -0.369 e. The van der Waals surface area contributed by atoms with Crippen LogP contribution in [0.25, 0.3) is 0 Å². The number of halogens is 5. The molecule has 1 atom stereocenters. The Labute approximate surface area is 832 Å². The van der Waals surface area contributed by atoms with Crippen molar-refractivity contribution in [3.63, 3.8) is 0 Å². The van der Waals surface area contributed by atoms with Crippen LogP contribution in [-0.4, -0.2) is 152 Å². The molecular formula is C95H119Cl2F3N34O9. The molecule has 43 nitrogen and oxygen atoms in total. The highest BCUT2D eigenvalue weighted by atomic mass is 35.5. The number of anilines is 10. The fourth-order valence-corrected chi connectivity index (χ4v) is 17.3. The number of rotatable bonds is 36. The fourth-order valence-electron chi connectivity index (χ4n) is 16.9. The number of benzene rings is 2. The Morgan fingerprint density at radius 1 is 0.406 bits per heavy atom. The summed E-state index contributed by atoms with van der Waals surface area (Å²) in [5.41, 5.74) is 33.0. The molecule has 2 aromatic carbocycles. The Hall–Kier alpha value is -14.5. The van der Waals surface area contributed by atoms with E-state index < -0.39 is 31.4 Å². The number of nitriles is 1. The van der Waals surface area contributed by atoms with Gasteiger partial charge < -0.3 is 86.8 Å². The zero-order valence-corrected chi connectivity index (χ0v) is 80.2. The van der Waals surface area contributed by atoms with Crippen LogP contribution in [0, 0.1) is 81.4 Å². The fraction of sp³-hybridized carbons (Fsp3) is 0.442. The average molecular weight is 2010 g/mol. The van der Waals surface area contributed by atoms with Crippen molar-refractivity contribution in [1.82, 2.24) is 69.8 Å². The van der Waals surface area contributed by atoms with Crippen LogP contribution in [0.2, 0.25) is 10.2 Å². The standard InChI is InChI=1S/C25H30N6O2.C18H22ClN7.C18H22F3N7O2.C17H22ClN7O2.C17H23N7O3/c26-21-13-11-19(12-14-21)16-27-24-23(31(32)33)17-28-25(30-24)29-22(20-9-5-2-6-10-20)15-18-7-3-1-4-8-18;19-16-13(2-1-7-22-16)10-24-18-25-11-14(8-20)17(26-18)23-9-12-3-5-15(21)6-4-12;19-18(20,21)14-5-6-23-8-12(14)9-25-17-26-10-15(28(29)30)16(27-17)24-7-11-1-3-13(22)4-2-11;18-14-9-20-6-5-12(14)8-22-17-23-10-15(25(26)27)16(24-17)21-7-11-1-3-13(19)4-2-11;18-13-3-1-11(2-4-13)8-20-16-14(24(26)27)10-22-17(23-16)21-9-12-5-6-19-15(25)7-12/h1-10,17,19,21-22H,11-16,26H2,(H2,27,28,29,30);1-2,7,11-12,15H,3-6,9-10,21H2,(H2,23,24,25,26);5-6,8,10-11,13H,1-4,7,9,22H2,(H2,24,25,26,27);5-6,9-11,13H,1-4,7-8,19H2,(H2,21,22,23,24);5-7,10-11,13H,1-4,8-9,18H2,(H,19,25)(H2,20,21,22,23). The summed E-state index contributed by atoms with van der Waals surface area (Å²) in [6.07, 6.45) is 30.9. The number of aromatic nitrogens is 14. The first-order valence-corrected chi connectivity index (χ1v) is 48.2. The van der Waals surface area contributed by atoms with E-state index in [1.54, 1.807) is 36.9 Å². The van der Waals surface area contributed by atoms with Crippen LogP contribution in [0.5, 0.6) is 0 Å². The molecule has 5 aliphatic carbocycles. The third-order valence-corrected chi connectivity index (χ3v) is 26.0. The van der Waals surface area contributed by atoms with Gasteiger partial charge in [0.1, 0.15) is 47.4 Å². The zero-order chi connectivity index (χ0) is 102. The lowest BCUT2D eigenvalue weighted by atomic mass is 9.86. The summed E-state index contributed by atoms with van der Waals surface area (Å²) < 4.78 is 39.3. The van der Waals surface area contributed by atoms with Crippen LogP contribution in [0.4, 0.5) is 94.8 Å². The van der Waals surface area contributed by atoms with Crippen molar-refractivity contribution >= 4 is 105 Å². The minimum atomic E-state index is -4.52. The summed E-state index contributed by atoms with van der Waals surface area (Å²) in [6, 6.07) is 33.2. The van der Waals surface area contributed by atoms with Crippen LogP contribution < -0.4 is 87.4 Å². The first kappa shape index (κ1) is 107. The first-order valence-electron chi connectivity index (χ1n) is 47.5. The topological polar surface area (TPSA) is 647 Å². The number of nitrogens with one attached hydrogen (secondary N) is 11. The van der Waals surface area contributed by atoms with Crippen molar-refractivity contribution in [2.45, 2.75) is 203 Å². The predicted octanol–water partition coefficient (Wildman–Crippen LogP) is 15.6. The molecule has 0 radical (unpaired) electrons. The monoisotopic (exact) mass is 2010 g/mol. The molecule has 0 aliphatic heterocycles. The van der Waals surface area contributed by atoms with Crippen molar-refractivity contribution in [3.8, 4) is 6.07 Å². The summed E-state index contributed by atoms with van der Waals surface area (Å²) in [4.78, 5) is 111. The van der Waals surface area contributed by atoms with Crippen LogP contribution in [0.1, 0.15) is 179 Å². The van der Waals surface area contributed by atoms with Crippen LogP contribution in [0.15, 0.2) is 170 Å². The van der Waals surface area contributed by atoms with E-state index in [4.69, 9.17) is 51.9 Å². The number of nitrogens with two attached hydrogens (primary N) is 5. The van der Waals surface area contributed by atoms with E-state index >= 15 is 0 Å². The lowest BCUT2D eigenvalue weighted by Crippen LogP contribution is -2.29. The lowest BCUT2D eigenvalue weighted by molar-refractivity contribution is -0.384. The van der Waals surface area contributed by atoms with Gasteiger partial charge >= 0.3 is 28.9 Å². The van der Waals surface area contributed by atoms with Crippen LogP contribution in [0.3, 0.4) is 0 Å². The maximum absolute atomic E-state index is 13.1. The lowest BCUT2D eigenvalue weighted by Gasteiger charge is -2.26. The number of H-pyrrole nitrogens is 1. The zero-order valence-electron chi connectivity index (χ0n) is 78.7. The molecule has 0 amide bonds. The summed E-state index contributed by atoms with van der Waals surface area (Å²) in [5, 5.41) is 86.6. The number of pyridine rings is 4. The van der Waals surface area contributed by atoms with E-state index in [1.165, 1.54) is 36.4 Å². The highest BCUT2D eigenvalue weighted by Crippen LogP contribution is 2.37. The maximum atomic E-state index is 13.1. The normalized spacial score (nSPS) is 19.3. The summed E-state index contributed by atoms with van der Waals surface area (Å²) in [5.74, 6) is 4.74. The molecule has 16 rings (SSSR count). The Morgan fingerprint density at radius 3 is 1.18 bits per heavy atom. The van der Waals surface area contributed by atoms with Gasteiger partial charge in [-0.2, -0.15) is 43.4 Å². The highest BCUT2D eigenvalue weighted by molar-refractivity contribution is 6.31. The van der Waals surface area contributed by atoms with Crippen molar-refractivity contribution < 1.29 is 32.9 Å². The molecule has 758 valence electrons. The summed E-state index contributed by atoms with van der Waals surface area (Å²) in [7, 11) is 0. The third kappa shape index (κ3) is 34.7. The predicted molar refractivity (Wildman–Crippen MR) is 541 cm³/mol. The molecule has 1 unspecified atom stereocenters. The van der Waals surface area contributed by atoms with Crippen molar-refractivity contribution in [1.29, 1.82) is 5.26 Å². The van der Waals surface area contributed by atoms with Gasteiger partial charge in [0.2, 0.25) is 58.6 Å². The van der Waals surface area contributed by atoms with Gasteiger partial charge in [0.15, 0.2) is 0 Å². The molecule has 5 fully saturated rings. The van der Waals surface area contributed by atoms with Gasteiger partial charge in [0, 0.05) is 143 Å². The third-order valence-electron chi connectivity index (χ3n) is 25.3. The Kier molecular flexibility index (Phi) is 40.9. The largest absolute Gasteiger partial charge is 0.416 e. The maximum Gasteiger partial charge on any atom is 0.416 e. The van der Waals surface area contributed by atoms with Gasteiger partial charge in [0.25, 0.3) is 0 Å². The van der Waals surface area contributed by atoms with E-state index in [0.717, 1.165) is 188 Å². The number of aromatic amines is 1. The number of alkyl halides is 3. The van der Waals surface area contributed by atoms with Gasteiger partial charge in [-0.15, -0.1) is 0 Å². The second-order valence-corrected chi connectivity index (χ2v) is 36.6. The van der Waals surface area contributed by atoms with E-state index in [-0.39, 0.29) is 106 Å². The van der Waals surface area contributed by atoms with E-state index in [0.29, 0.717) is 121 Å². The quantitative estimate of drug-likeness (QED) is 0.00985. The van der Waals surface area contributed by atoms with Gasteiger partial charge in [0.05, 0.1) is 42.5 Å². The van der Waals surface area contributed by atoms with Crippen molar-refractivity contribution in [2.75, 3.05) is 85.9 Å². The Balaban J connectivity index is 0.000000160. The molecule has 0 spiro atoms. The number of nitro groups is 4. The second kappa shape index (κ2) is 54.5. The average Bonchev–Trinajstić information content (AvgIpc) is 0.833. The first-order chi connectivity index (χ1) is 69.0. The molecule has 5 aliphatic rings. The molecule has 11 aromatic rings. The minimum absolute atomic E-state index is 0.0225. The van der Waals surface area contributed by atoms with Crippen molar-refractivity contribution in [2.24, 2.45) is 58.3 Å². The van der Waals surface area contributed by atoms with E-state index in [9.17, 15) is 63.7 Å². The van der Waals surface area contributed by atoms with E-state index in [1.807, 2.05) is 48.5 Å². The smallest absolute Gasteiger partial charge is 0.369 e. The molecule has 0 bridgehead atoms. The second-order valence-electron chi connectivity index (χ2n) is 35.8.